The molecule has 4 aliphatic heterocycles. The third-order valence-corrected chi connectivity index (χ3v) is 10.6. The van der Waals surface area contributed by atoms with Gasteiger partial charge in [-0.3, -0.25) is 9.59 Å². The summed E-state index contributed by atoms with van der Waals surface area (Å²) in [5.74, 6) is -5.53. The molecule has 252 valence electrons. The maximum Gasteiger partial charge on any atom is 0.311 e. The highest BCUT2D eigenvalue weighted by atomic mass is 16.7. The number of likely N-dealkylation sites (N-methyl/N-ethyl adjacent to an activating group) is 1. The van der Waals surface area contributed by atoms with Gasteiger partial charge in [0.15, 0.2) is 23.5 Å². The molecular weight excluding hydrogens is 570 g/mol. The van der Waals surface area contributed by atoms with E-state index in [4.69, 9.17) is 28.4 Å². The minimum Gasteiger partial charge on any atom is -0.459 e. The van der Waals surface area contributed by atoms with Gasteiger partial charge in [-0.25, -0.2) is 0 Å². The van der Waals surface area contributed by atoms with Gasteiger partial charge in [-0.2, -0.15) is 0 Å². The Morgan fingerprint density at radius 1 is 1.09 bits per heavy atom. The standard InChI is InChI=1S/C33H55NO10/c1-12-24-32(9)27(36)22(7)33(38,44-32)18(3)14-31(8)28(43-30-25(35)23(34(10)11)13-19(4)41-30)20(5)26(21(6)29(37)42-24)39-15-17(2)16-40-31/h18-26,28,30,35,38H,2,12-16H2,1,3-11H3/t18-,19-,20-,21-,22?,23+,24-,25-,26+,28-,30+,31-,32?,33?/m1/s1. The first-order chi connectivity index (χ1) is 20.4. The molecule has 0 saturated carbocycles. The van der Waals surface area contributed by atoms with Crippen molar-refractivity contribution in [2.45, 2.75) is 134 Å². The molecule has 44 heavy (non-hydrogen) atoms. The lowest BCUT2D eigenvalue weighted by Gasteiger charge is -2.49. The van der Waals surface area contributed by atoms with Crippen molar-refractivity contribution < 1.29 is 48.2 Å². The van der Waals surface area contributed by atoms with Gasteiger partial charge < -0.3 is 43.5 Å². The number of hydrogen-bond donors (Lipinski definition) is 2. The van der Waals surface area contributed by atoms with Crippen LogP contribution in [0, 0.1) is 23.7 Å². The van der Waals surface area contributed by atoms with E-state index in [9.17, 15) is 19.8 Å². The van der Waals surface area contributed by atoms with E-state index >= 15 is 0 Å². The van der Waals surface area contributed by atoms with Crippen LogP contribution in [0.4, 0.5) is 0 Å². The van der Waals surface area contributed by atoms with Crippen LogP contribution in [0.3, 0.4) is 0 Å². The lowest BCUT2D eigenvalue weighted by Crippen LogP contribution is -2.60. The highest BCUT2D eigenvalue weighted by Gasteiger charge is 2.65. The summed E-state index contributed by atoms with van der Waals surface area (Å²) >= 11 is 0. The van der Waals surface area contributed by atoms with E-state index in [-0.39, 0.29) is 37.6 Å². The Morgan fingerprint density at radius 2 is 1.75 bits per heavy atom. The van der Waals surface area contributed by atoms with Crippen LogP contribution < -0.4 is 0 Å². The topological polar surface area (TPSA) is 133 Å². The summed E-state index contributed by atoms with van der Waals surface area (Å²) < 4.78 is 38.4. The first-order valence-corrected chi connectivity index (χ1v) is 16.1. The zero-order valence-electron chi connectivity index (χ0n) is 28.2. The summed E-state index contributed by atoms with van der Waals surface area (Å²) in [6.07, 6.45) is -3.43. The molecule has 4 bridgehead atoms. The van der Waals surface area contributed by atoms with Crippen molar-refractivity contribution in [3.63, 3.8) is 0 Å². The van der Waals surface area contributed by atoms with Crippen molar-refractivity contribution in [2.24, 2.45) is 23.7 Å². The number of aliphatic hydroxyl groups is 2. The van der Waals surface area contributed by atoms with E-state index in [2.05, 4.69) is 6.58 Å². The maximum absolute atomic E-state index is 13.8. The molecule has 11 heteroatoms. The number of Topliss-reactive ketones (excluding diaryl/α,β-unsaturated/α-hetero) is 1. The summed E-state index contributed by atoms with van der Waals surface area (Å²) in [6.45, 7) is 18.8. The lowest BCUT2D eigenvalue weighted by molar-refractivity contribution is -0.310. The Bertz CT molecular complexity index is 1080. The number of ketones is 1. The molecule has 4 heterocycles. The van der Waals surface area contributed by atoms with Gasteiger partial charge in [0.05, 0.1) is 49.0 Å². The van der Waals surface area contributed by atoms with Gasteiger partial charge in [-0.15, -0.1) is 0 Å². The fourth-order valence-electron chi connectivity index (χ4n) is 7.90. The fraction of sp³-hybridized carbons (Fsp3) is 0.879. The summed E-state index contributed by atoms with van der Waals surface area (Å²) in [7, 11) is 3.82. The molecule has 0 aliphatic carbocycles. The predicted octanol–water partition coefficient (Wildman–Crippen LogP) is 2.84. The molecule has 0 amide bonds. The largest absolute Gasteiger partial charge is 0.459 e. The number of esters is 1. The van der Waals surface area contributed by atoms with Gasteiger partial charge in [-0.05, 0) is 66.6 Å². The average Bonchev–Trinajstić information content (AvgIpc) is 3.16. The number of fused-ring (bicyclic) bond motifs is 5. The molecule has 0 spiro atoms. The number of ether oxygens (including phenoxy) is 6. The van der Waals surface area contributed by atoms with E-state index in [0.717, 1.165) is 0 Å². The molecular formula is C33H55NO10. The van der Waals surface area contributed by atoms with Crippen LogP contribution in [0.5, 0.6) is 0 Å². The van der Waals surface area contributed by atoms with E-state index in [1.54, 1.807) is 20.8 Å². The Labute approximate surface area is 262 Å². The van der Waals surface area contributed by atoms with Crippen LogP contribution >= 0.6 is 0 Å². The van der Waals surface area contributed by atoms with Crippen LogP contribution in [0.25, 0.3) is 0 Å². The predicted molar refractivity (Wildman–Crippen MR) is 161 cm³/mol. The molecule has 2 N–H and O–H groups in total. The summed E-state index contributed by atoms with van der Waals surface area (Å²) in [4.78, 5) is 29.5. The number of nitrogens with zero attached hydrogens (tertiary/aromatic N) is 1. The number of carbonyl (C=O) groups is 2. The Morgan fingerprint density at radius 3 is 2.36 bits per heavy atom. The molecule has 4 fully saturated rings. The van der Waals surface area contributed by atoms with Gasteiger partial charge in [0.1, 0.15) is 12.2 Å². The quantitative estimate of drug-likeness (QED) is 0.353. The molecule has 0 radical (unpaired) electrons. The molecule has 0 aromatic carbocycles. The first-order valence-electron chi connectivity index (χ1n) is 16.1. The van der Waals surface area contributed by atoms with Crippen molar-refractivity contribution in [1.82, 2.24) is 4.90 Å². The average molecular weight is 626 g/mol. The minimum absolute atomic E-state index is 0.134. The SMILES string of the molecule is C=C1CO[C@H]2[C@@H](C)[C@@H](O[C@@H]3O[C@H](C)C[C@H](N(C)C)[C@H]3O)[C@@](C)(C[C@@H](C)C3(O)OC(C)(C(=O)C3C)[C@@H](CC)OC(=O)[C@@H]2C)OC1. The summed E-state index contributed by atoms with van der Waals surface area (Å²) in [5, 5.41) is 23.5. The highest BCUT2D eigenvalue weighted by Crippen LogP contribution is 2.49. The highest BCUT2D eigenvalue weighted by molar-refractivity contribution is 5.92. The molecule has 0 aromatic heterocycles. The van der Waals surface area contributed by atoms with E-state index < -0.39 is 77.3 Å². The second-order valence-corrected chi connectivity index (χ2v) is 14.4. The maximum atomic E-state index is 13.8. The van der Waals surface area contributed by atoms with Crippen LogP contribution in [-0.4, -0.2) is 114 Å². The fourth-order valence-corrected chi connectivity index (χ4v) is 7.90. The zero-order chi connectivity index (χ0) is 32.9. The Balaban J connectivity index is 1.86. The normalized spacial score (nSPS) is 49.4. The van der Waals surface area contributed by atoms with Crippen molar-refractivity contribution in [1.29, 1.82) is 0 Å². The van der Waals surface area contributed by atoms with Gasteiger partial charge >= 0.3 is 5.97 Å². The number of cyclic esters (lactones) is 1. The van der Waals surface area contributed by atoms with Crippen LogP contribution in [-0.2, 0) is 38.0 Å². The van der Waals surface area contributed by atoms with Crippen molar-refractivity contribution >= 4 is 11.8 Å². The molecule has 3 unspecified atom stereocenters. The summed E-state index contributed by atoms with van der Waals surface area (Å²) in [6, 6.07) is -0.209. The van der Waals surface area contributed by atoms with E-state index in [0.29, 0.717) is 18.4 Å². The van der Waals surface area contributed by atoms with Crippen molar-refractivity contribution in [2.75, 3.05) is 27.3 Å². The second kappa shape index (κ2) is 13.0. The Hall–Kier alpha value is -1.44. The molecule has 0 aromatic rings. The Kier molecular flexibility index (Phi) is 10.5. The van der Waals surface area contributed by atoms with Crippen LogP contribution in [0.15, 0.2) is 12.2 Å². The molecule has 14 atom stereocenters. The van der Waals surface area contributed by atoms with Gasteiger partial charge in [0.2, 0.25) is 0 Å². The molecule has 4 rings (SSSR count). The van der Waals surface area contributed by atoms with Crippen LogP contribution in [0.2, 0.25) is 0 Å². The van der Waals surface area contributed by atoms with Gasteiger partial charge in [0, 0.05) is 17.9 Å². The third kappa shape index (κ3) is 6.28. The number of rotatable bonds is 4. The van der Waals surface area contributed by atoms with Crippen molar-refractivity contribution in [3.05, 3.63) is 12.2 Å². The third-order valence-electron chi connectivity index (χ3n) is 10.6. The minimum atomic E-state index is -1.87. The summed E-state index contributed by atoms with van der Waals surface area (Å²) in [5.41, 5.74) is -2.00. The van der Waals surface area contributed by atoms with E-state index in [1.807, 2.05) is 53.6 Å². The van der Waals surface area contributed by atoms with Gasteiger partial charge in [-0.1, -0.05) is 34.3 Å². The number of hydrogen-bond acceptors (Lipinski definition) is 11. The molecule has 11 nitrogen and oxygen atoms in total. The molecule has 4 saturated heterocycles. The first kappa shape index (κ1) is 35.4. The number of carbonyl (C=O) groups excluding carboxylic acids is 2. The zero-order valence-corrected chi connectivity index (χ0v) is 28.2. The smallest absolute Gasteiger partial charge is 0.311 e. The lowest BCUT2D eigenvalue weighted by atomic mass is 9.74. The second-order valence-electron chi connectivity index (χ2n) is 14.4. The van der Waals surface area contributed by atoms with E-state index in [1.165, 1.54) is 0 Å². The van der Waals surface area contributed by atoms with Crippen LogP contribution in [0.1, 0.15) is 74.7 Å². The van der Waals surface area contributed by atoms with Gasteiger partial charge in [0.25, 0.3) is 0 Å². The van der Waals surface area contributed by atoms with Crippen molar-refractivity contribution in [3.8, 4) is 0 Å². The molecule has 4 aliphatic rings. The number of aliphatic hydroxyl groups excluding tert-OH is 1. The monoisotopic (exact) mass is 625 g/mol.